The van der Waals surface area contributed by atoms with Crippen molar-refractivity contribution < 1.29 is 9.18 Å². The third kappa shape index (κ3) is 2.50. The van der Waals surface area contributed by atoms with E-state index in [-0.39, 0.29) is 31.2 Å². The van der Waals surface area contributed by atoms with Crippen LogP contribution in [0.4, 0.5) is 4.39 Å². The highest BCUT2D eigenvalue weighted by Gasteiger charge is 2.39. The van der Waals surface area contributed by atoms with Gasteiger partial charge in [0.2, 0.25) is 5.91 Å². The van der Waals surface area contributed by atoms with Gasteiger partial charge in [0.1, 0.15) is 23.2 Å². The van der Waals surface area contributed by atoms with E-state index in [9.17, 15) is 14.0 Å². The molecule has 0 saturated carbocycles. The van der Waals surface area contributed by atoms with E-state index in [1.807, 2.05) is 0 Å². The van der Waals surface area contributed by atoms with E-state index in [1.54, 1.807) is 18.3 Å². The number of pyridine rings is 1. The van der Waals surface area contributed by atoms with Gasteiger partial charge in [0, 0.05) is 12.6 Å². The Morgan fingerprint density at radius 3 is 2.83 bits per heavy atom. The number of halogens is 2. The number of carbonyl (C=O) groups is 1. The Morgan fingerprint density at radius 2 is 2.17 bits per heavy atom. The second kappa shape index (κ2) is 5.70. The van der Waals surface area contributed by atoms with Crippen molar-refractivity contribution in [2.24, 2.45) is 0 Å². The average molecular weight is 352 g/mol. The molecule has 9 heteroatoms. The van der Waals surface area contributed by atoms with Crippen LogP contribution in [0.15, 0.2) is 23.1 Å². The lowest BCUT2D eigenvalue weighted by Gasteiger charge is -2.36. The summed E-state index contributed by atoms with van der Waals surface area (Å²) in [6.07, 6.45) is 1.73. The minimum absolute atomic E-state index is 0.115. The fraction of sp³-hybridized carbons (Fsp3) is 0.467. The van der Waals surface area contributed by atoms with Crippen LogP contribution in [-0.2, 0) is 17.8 Å². The topological polar surface area (TPSA) is 73.0 Å². The maximum atomic E-state index is 13.0. The molecule has 0 aliphatic carbocycles. The molecule has 4 heterocycles. The molecule has 4 rings (SSSR count). The molecule has 1 amide bonds. The highest BCUT2D eigenvalue weighted by Crippen LogP contribution is 2.27. The number of nitrogens with zero attached hydrogens (tertiary/aromatic N) is 5. The molecule has 0 radical (unpaired) electrons. The van der Waals surface area contributed by atoms with Crippen molar-refractivity contribution in [2.45, 2.75) is 31.6 Å². The van der Waals surface area contributed by atoms with Crippen LogP contribution in [0, 0.1) is 0 Å². The molecule has 0 N–H and O–H groups in total. The van der Waals surface area contributed by atoms with Gasteiger partial charge in [-0.3, -0.25) is 9.36 Å². The molecule has 0 bridgehead atoms. The van der Waals surface area contributed by atoms with Crippen molar-refractivity contribution in [3.8, 4) is 0 Å². The number of amides is 1. The highest BCUT2D eigenvalue weighted by molar-refractivity contribution is 6.29. The standard InChI is InChI=1S/C15H15ClFN5O2/c16-12-3-1-9(5-18-12)6-21-15(24)22-11(2-4-13(22)19-21)14(23)20-7-10(17)8-20/h1,3,5,10-11H,2,4,6-8H2. The van der Waals surface area contributed by atoms with Gasteiger partial charge in [0.15, 0.2) is 0 Å². The van der Waals surface area contributed by atoms with E-state index >= 15 is 0 Å². The number of hydrogen-bond acceptors (Lipinski definition) is 4. The van der Waals surface area contributed by atoms with Gasteiger partial charge in [-0.1, -0.05) is 17.7 Å². The Morgan fingerprint density at radius 1 is 1.38 bits per heavy atom. The summed E-state index contributed by atoms with van der Waals surface area (Å²) in [6.45, 7) is 0.494. The minimum Gasteiger partial charge on any atom is -0.335 e. The van der Waals surface area contributed by atoms with Crippen LogP contribution in [-0.4, -0.2) is 49.4 Å². The summed E-state index contributed by atoms with van der Waals surface area (Å²) in [5.74, 6) is 0.398. The number of hydrogen-bond donors (Lipinski definition) is 0. The lowest BCUT2D eigenvalue weighted by atomic mass is 10.1. The molecule has 2 aliphatic rings. The van der Waals surface area contributed by atoms with Crippen molar-refractivity contribution in [3.05, 3.63) is 45.4 Å². The van der Waals surface area contributed by atoms with E-state index in [0.717, 1.165) is 5.56 Å². The number of rotatable bonds is 3. The predicted molar refractivity (Wildman–Crippen MR) is 83.7 cm³/mol. The van der Waals surface area contributed by atoms with Crippen molar-refractivity contribution in [2.75, 3.05) is 13.1 Å². The molecule has 2 aliphatic heterocycles. The number of likely N-dealkylation sites (tertiary alicyclic amines) is 1. The number of aromatic nitrogens is 4. The molecule has 1 saturated heterocycles. The second-order valence-corrected chi connectivity index (χ2v) is 6.50. The third-order valence-electron chi connectivity index (χ3n) is 4.45. The van der Waals surface area contributed by atoms with Crippen LogP contribution in [0.25, 0.3) is 0 Å². The number of fused-ring (bicyclic) bond motifs is 1. The zero-order valence-electron chi connectivity index (χ0n) is 12.7. The van der Waals surface area contributed by atoms with Crippen LogP contribution in [0.5, 0.6) is 0 Å². The van der Waals surface area contributed by atoms with Gasteiger partial charge in [-0.05, 0) is 18.1 Å². The Balaban J connectivity index is 1.58. The molecule has 7 nitrogen and oxygen atoms in total. The van der Waals surface area contributed by atoms with Crippen LogP contribution >= 0.6 is 11.6 Å². The SMILES string of the molecule is O=C(C1CCc2nn(Cc3ccc(Cl)nc3)c(=O)n21)N1CC(F)C1. The molecule has 0 aromatic carbocycles. The van der Waals surface area contributed by atoms with Gasteiger partial charge in [-0.15, -0.1) is 0 Å². The minimum atomic E-state index is -0.952. The molecular weight excluding hydrogens is 337 g/mol. The summed E-state index contributed by atoms with van der Waals surface area (Å²) in [6, 6.07) is 2.85. The summed E-state index contributed by atoms with van der Waals surface area (Å²) in [5, 5.41) is 4.70. The van der Waals surface area contributed by atoms with Crippen LogP contribution < -0.4 is 5.69 Å². The van der Waals surface area contributed by atoms with Gasteiger partial charge in [-0.25, -0.2) is 18.9 Å². The number of alkyl halides is 1. The van der Waals surface area contributed by atoms with E-state index in [4.69, 9.17) is 11.6 Å². The van der Waals surface area contributed by atoms with E-state index in [1.165, 1.54) is 14.1 Å². The molecule has 126 valence electrons. The molecule has 0 spiro atoms. The quantitative estimate of drug-likeness (QED) is 0.767. The first-order valence-electron chi connectivity index (χ1n) is 7.74. The first-order valence-corrected chi connectivity index (χ1v) is 8.12. The third-order valence-corrected chi connectivity index (χ3v) is 4.67. The van der Waals surface area contributed by atoms with E-state index in [0.29, 0.717) is 23.8 Å². The summed E-state index contributed by atoms with van der Waals surface area (Å²) in [5.41, 5.74) is 0.470. The lowest BCUT2D eigenvalue weighted by molar-refractivity contribution is -0.141. The fourth-order valence-corrected chi connectivity index (χ4v) is 3.28. The summed E-state index contributed by atoms with van der Waals surface area (Å²) in [4.78, 5) is 30.5. The molecule has 1 atom stereocenters. The Kier molecular flexibility index (Phi) is 3.64. The first-order chi connectivity index (χ1) is 11.5. The average Bonchev–Trinajstić information content (AvgIpc) is 3.07. The normalized spacial score (nSPS) is 20.1. The van der Waals surface area contributed by atoms with Crippen molar-refractivity contribution in [1.82, 2.24) is 24.2 Å². The molecule has 1 fully saturated rings. The van der Waals surface area contributed by atoms with Gasteiger partial charge < -0.3 is 4.90 Å². The molecule has 1 unspecified atom stereocenters. The molecular formula is C15H15ClFN5O2. The highest BCUT2D eigenvalue weighted by atomic mass is 35.5. The number of aryl methyl sites for hydroxylation is 1. The summed E-state index contributed by atoms with van der Waals surface area (Å²) in [7, 11) is 0. The van der Waals surface area contributed by atoms with Crippen molar-refractivity contribution in [3.63, 3.8) is 0 Å². The zero-order valence-corrected chi connectivity index (χ0v) is 13.5. The lowest BCUT2D eigenvalue weighted by Crippen LogP contribution is -2.54. The smallest absolute Gasteiger partial charge is 0.335 e. The van der Waals surface area contributed by atoms with E-state index in [2.05, 4.69) is 10.1 Å². The van der Waals surface area contributed by atoms with E-state index < -0.39 is 12.2 Å². The summed E-state index contributed by atoms with van der Waals surface area (Å²) >= 11 is 5.75. The Bertz CT molecular complexity index is 841. The van der Waals surface area contributed by atoms with Crippen LogP contribution in [0.2, 0.25) is 5.15 Å². The second-order valence-electron chi connectivity index (χ2n) is 6.11. The monoisotopic (exact) mass is 351 g/mol. The molecule has 2 aromatic rings. The van der Waals surface area contributed by atoms with Crippen LogP contribution in [0.1, 0.15) is 23.9 Å². The molecule has 2 aromatic heterocycles. The van der Waals surface area contributed by atoms with Gasteiger partial charge in [0.05, 0.1) is 19.6 Å². The zero-order chi connectivity index (χ0) is 16.8. The van der Waals surface area contributed by atoms with Crippen LogP contribution in [0.3, 0.4) is 0 Å². The first kappa shape index (κ1) is 15.3. The van der Waals surface area contributed by atoms with Crippen molar-refractivity contribution in [1.29, 1.82) is 0 Å². The van der Waals surface area contributed by atoms with Gasteiger partial charge >= 0.3 is 5.69 Å². The van der Waals surface area contributed by atoms with Crippen molar-refractivity contribution >= 4 is 17.5 Å². The predicted octanol–water partition coefficient (Wildman–Crippen LogP) is 0.809. The Labute approximate surface area is 141 Å². The summed E-state index contributed by atoms with van der Waals surface area (Å²) < 4.78 is 15.7. The number of carbonyl (C=O) groups excluding carboxylic acids is 1. The Hall–Kier alpha value is -2.22. The maximum absolute atomic E-state index is 13.0. The fourth-order valence-electron chi connectivity index (χ4n) is 3.17. The molecule has 24 heavy (non-hydrogen) atoms. The van der Waals surface area contributed by atoms with Gasteiger partial charge in [-0.2, -0.15) is 5.10 Å². The van der Waals surface area contributed by atoms with Gasteiger partial charge in [0.25, 0.3) is 0 Å². The largest absolute Gasteiger partial charge is 0.346 e. The maximum Gasteiger partial charge on any atom is 0.346 e.